The van der Waals surface area contributed by atoms with Gasteiger partial charge in [0.15, 0.2) is 10.9 Å². The van der Waals surface area contributed by atoms with Crippen LogP contribution < -0.4 is 5.32 Å². The largest absolute Gasteiger partial charge is 0.416 e. The molecule has 0 aliphatic carbocycles. The number of carbonyl (C=O) groups is 1. The number of carbonyl (C=O) groups excluding carboxylic acids is 1. The van der Waals surface area contributed by atoms with Gasteiger partial charge in [0.25, 0.3) is 5.91 Å². The number of aryl methyl sites for hydroxylation is 1. The monoisotopic (exact) mass is 443 g/mol. The normalized spacial score (nSPS) is 11.9. The van der Waals surface area contributed by atoms with Gasteiger partial charge in [0.05, 0.1) is 11.3 Å². The van der Waals surface area contributed by atoms with Crippen LogP contribution in [0.25, 0.3) is 0 Å². The minimum atomic E-state index is -4.45. The highest BCUT2D eigenvalue weighted by Gasteiger charge is 2.31. The Morgan fingerprint density at radius 2 is 2.07 bits per heavy atom. The van der Waals surface area contributed by atoms with Crippen LogP contribution in [0.2, 0.25) is 5.02 Å². The number of hydrogen-bond acceptors (Lipinski definition) is 5. The van der Waals surface area contributed by atoms with Crippen LogP contribution in [0, 0.1) is 6.92 Å². The number of alkyl halides is 3. The van der Waals surface area contributed by atoms with E-state index in [-0.39, 0.29) is 17.4 Å². The lowest BCUT2D eigenvalue weighted by atomic mass is 10.0. The van der Waals surface area contributed by atoms with E-state index in [1.54, 1.807) is 6.92 Å². The second kappa shape index (κ2) is 8.16. The van der Waals surface area contributed by atoms with Crippen LogP contribution in [0.15, 0.2) is 28.9 Å². The average Bonchev–Trinajstić information content (AvgIpc) is 3.22. The average molecular weight is 444 g/mol. The van der Waals surface area contributed by atoms with Crippen LogP contribution >= 0.6 is 22.9 Å². The number of aromatic nitrogens is 2. The van der Waals surface area contributed by atoms with Gasteiger partial charge in [-0.05, 0) is 30.7 Å². The fourth-order valence-corrected chi connectivity index (χ4v) is 3.75. The Bertz CT molecular complexity index is 1040. The summed E-state index contributed by atoms with van der Waals surface area (Å²) in [5.41, 5.74) is 0.399. The minimum absolute atomic E-state index is 0.0214. The fraction of sp³-hybridized carbons (Fsp3) is 0.316. The Labute approximate surface area is 173 Å². The van der Waals surface area contributed by atoms with Gasteiger partial charge in [-0.15, -0.1) is 11.3 Å². The zero-order valence-corrected chi connectivity index (χ0v) is 17.3. The van der Waals surface area contributed by atoms with Crippen LogP contribution in [0.3, 0.4) is 0 Å². The van der Waals surface area contributed by atoms with E-state index >= 15 is 0 Å². The Balaban J connectivity index is 1.77. The molecule has 5 nitrogen and oxygen atoms in total. The van der Waals surface area contributed by atoms with Crippen molar-refractivity contribution < 1.29 is 22.5 Å². The van der Waals surface area contributed by atoms with Gasteiger partial charge in [0, 0.05) is 28.4 Å². The molecule has 0 aliphatic heterocycles. The first-order chi connectivity index (χ1) is 13.6. The third kappa shape index (κ3) is 4.79. The SMILES string of the molecule is Cc1noc(C(C)C)c1C(=O)Nc1ncc(Cc2cc(C(F)(F)F)ccc2Cl)s1. The molecule has 0 saturated heterocycles. The lowest BCUT2D eigenvalue weighted by molar-refractivity contribution is -0.137. The number of benzene rings is 1. The molecule has 10 heteroatoms. The van der Waals surface area contributed by atoms with Crippen LogP contribution in [-0.2, 0) is 12.6 Å². The summed E-state index contributed by atoms with van der Waals surface area (Å²) in [4.78, 5) is 17.4. The predicted octanol–water partition coefficient (Wildman–Crippen LogP) is 6.08. The van der Waals surface area contributed by atoms with Gasteiger partial charge in [0.2, 0.25) is 0 Å². The second-order valence-corrected chi connectivity index (χ2v) is 8.25. The molecule has 0 saturated carbocycles. The van der Waals surface area contributed by atoms with Gasteiger partial charge < -0.3 is 4.52 Å². The first kappa shape index (κ1) is 21.3. The minimum Gasteiger partial charge on any atom is -0.360 e. The predicted molar refractivity (Wildman–Crippen MR) is 105 cm³/mol. The summed E-state index contributed by atoms with van der Waals surface area (Å²) in [6.45, 7) is 5.45. The molecule has 2 aromatic heterocycles. The van der Waals surface area contributed by atoms with Crippen molar-refractivity contribution in [3.8, 4) is 0 Å². The zero-order valence-electron chi connectivity index (χ0n) is 15.7. The summed E-state index contributed by atoms with van der Waals surface area (Å²) in [6, 6.07) is 3.19. The number of nitrogens with zero attached hydrogens (tertiary/aromatic N) is 2. The Kier molecular flexibility index (Phi) is 6.00. The molecule has 3 aromatic rings. The fourth-order valence-electron chi connectivity index (χ4n) is 2.74. The van der Waals surface area contributed by atoms with Gasteiger partial charge in [0.1, 0.15) is 5.56 Å². The number of nitrogens with one attached hydrogen (secondary N) is 1. The third-order valence-corrected chi connectivity index (χ3v) is 5.43. The molecule has 2 heterocycles. The maximum absolute atomic E-state index is 12.9. The van der Waals surface area contributed by atoms with Crippen molar-refractivity contribution in [2.45, 2.75) is 39.3 Å². The number of rotatable bonds is 5. The molecule has 1 amide bonds. The van der Waals surface area contributed by atoms with E-state index in [1.165, 1.54) is 12.3 Å². The van der Waals surface area contributed by atoms with Crippen LogP contribution in [-0.4, -0.2) is 16.0 Å². The molecule has 0 fully saturated rings. The lowest BCUT2D eigenvalue weighted by Gasteiger charge is -2.09. The van der Waals surface area contributed by atoms with Crippen molar-refractivity contribution in [1.29, 1.82) is 0 Å². The molecule has 0 bridgehead atoms. The highest BCUT2D eigenvalue weighted by atomic mass is 35.5. The number of halogens is 4. The third-order valence-electron chi connectivity index (χ3n) is 4.15. The molecule has 0 atom stereocenters. The zero-order chi connectivity index (χ0) is 21.3. The number of hydrogen-bond donors (Lipinski definition) is 1. The van der Waals surface area contributed by atoms with E-state index in [9.17, 15) is 18.0 Å². The van der Waals surface area contributed by atoms with Gasteiger partial charge in [-0.1, -0.05) is 30.6 Å². The number of anilines is 1. The van der Waals surface area contributed by atoms with Gasteiger partial charge in [-0.2, -0.15) is 13.2 Å². The highest BCUT2D eigenvalue weighted by Crippen LogP contribution is 2.33. The van der Waals surface area contributed by atoms with Crippen LogP contribution in [0.1, 0.15) is 57.6 Å². The number of thiazole rings is 1. The van der Waals surface area contributed by atoms with Gasteiger partial charge in [-0.25, -0.2) is 4.98 Å². The summed E-state index contributed by atoms with van der Waals surface area (Å²) in [5, 5.41) is 7.09. The highest BCUT2D eigenvalue weighted by molar-refractivity contribution is 7.15. The molecule has 0 unspecified atom stereocenters. The summed E-state index contributed by atoms with van der Waals surface area (Å²) in [7, 11) is 0. The molecule has 29 heavy (non-hydrogen) atoms. The quantitative estimate of drug-likeness (QED) is 0.519. The molecule has 0 spiro atoms. The molecule has 154 valence electrons. The standard InChI is InChI=1S/C19H17ClF3N3O2S/c1-9(2)16-15(10(3)26-28-16)17(27)25-18-24-8-13(29-18)7-11-6-12(19(21,22)23)4-5-14(11)20/h4-6,8-9H,7H2,1-3H3,(H,24,25,27). The molecular weight excluding hydrogens is 427 g/mol. The van der Waals surface area contributed by atoms with Crippen molar-refractivity contribution >= 4 is 34.0 Å². The summed E-state index contributed by atoms with van der Waals surface area (Å²) in [6.07, 6.45) is -2.78. The van der Waals surface area contributed by atoms with Crippen molar-refractivity contribution in [2.24, 2.45) is 0 Å². The maximum atomic E-state index is 12.9. The first-order valence-corrected chi connectivity index (χ1v) is 9.83. The lowest BCUT2D eigenvalue weighted by Crippen LogP contribution is -2.14. The molecule has 0 radical (unpaired) electrons. The van der Waals surface area contributed by atoms with Crippen molar-refractivity contribution in [2.75, 3.05) is 5.32 Å². The first-order valence-electron chi connectivity index (χ1n) is 8.64. The van der Waals surface area contributed by atoms with Crippen molar-refractivity contribution in [3.63, 3.8) is 0 Å². The summed E-state index contributed by atoms with van der Waals surface area (Å²) in [5.74, 6) is 0.0600. The van der Waals surface area contributed by atoms with E-state index < -0.39 is 17.6 Å². The Hall–Kier alpha value is -2.39. The smallest absolute Gasteiger partial charge is 0.360 e. The Morgan fingerprint density at radius 1 is 1.34 bits per heavy atom. The molecule has 1 aromatic carbocycles. The molecule has 0 aliphatic rings. The van der Waals surface area contributed by atoms with Crippen molar-refractivity contribution in [1.82, 2.24) is 10.1 Å². The van der Waals surface area contributed by atoms with Crippen LogP contribution in [0.4, 0.5) is 18.3 Å². The maximum Gasteiger partial charge on any atom is 0.416 e. The summed E-state index contributed by atoms with van der Waals surface area (Å²) < 4.78 is 44.0. The van der Waals surface area contributed by atoms with E-state index in [0.29, 0.717) is 32.6 Å². The van der Waals surface area contributed by atoms with E-state index in [2.05, 4.69) is 15.5 Å². The van der Waals surface area contributed by atoms with Crippen LogP contribution in [0.5, 0.6) is 0 Å². The van der Waals surface area contributed by atoms with E-state index in [1.807, 2.05) is 13.8 Å². The second-order valence-electron chi connectivity index (χ2n) is 6.73. The van der Waals surface area contributed by atoms with Gasteiger partial charge in [-0.3, -0.25) is 10.1 Å². The van der Waals surface area contributed by atoms with E-state index in [0.717, 1.165) is 23.5 Å². The summed E-state index contributed by atoms with van der Waals surface area (Å²) >= 11 is 7.21. The Morgan fingerprint density at radius 3 is 2.72 bits per heavy atom. The topological polar surface area (TPSA) is 68.0 Å². The van der Waals surface area contributed by atoms with E-state index in [4.69, 9.17) is 16.1 Å². The number of amides is 1. The molecule has 1 N–H and O–H groups in total. The van der Waals surface area contributed by atoms with Crippen molar-refractivity contribution in [3.05, 3.63) is 62.4 Å². The van der Waals surface area contributed by atoms with Gasteiger partial charge >= 0.3 is 6.18 Å². The molecule has 3 rings (SSSR count). The molecular formula is C19H17ClF3N3O2S.